The molecule has 0 bridgehead atoms. The summed E-state index contributed by atoms with van der Waals surface area (Å²) in [7, 11) is 1.70. The SMILES string of the molecule is COc1cc(Br)ccc1CN1CCN(C(=O)OC(C)(C)C)C2(CC2)C1. The summed E-state index contributed by atoms with van der Waals surface area (Å²) >= 11 is 3.49. The van der Waals surface area contributed by atoms with E-state index in [0.717, 1.165) is 42.7 Å². The third-order valence-corrected chi connectivity index (χ3v) is 5.31. The van der Waals surface area contributed by atoms with Crippen molar-refractivity contribution >= 4 is 22.0 Å². The average Bonchev–Trinajstić information content (AvgIpc) is 3.26. The number of hydrogen-bond acceptors (Lipinski definition) is 4. The minimum absolute atomic E-state index is 0.0385. The van der Waals surface area contributed by atoms with Gasteiger partial charge in [0.25, 0.3) is 0 Å². The zero-order chi connectivity index (χ0) is 18.2. The van der Waals surface area contributed by atoms with Gasteiger partial charge in [-0.05, 0) is 45.7 Å². The van der Waals surface area contributed by atoms with Crippen LogP contribution in [0.3, 0.4) is 0 Å². The third kappa shape index (κ3) is 4.29. The van der Waals surface area contributed by atoms with Crippen LogP contribution in [0.5, 0.6) is 5.75 Å². The molecular formula is C19H27BrN2O3. The van der Waals surface area contributed by atoms with Gasteiger partial charge in [0, 0.05) is 36.2 Å². The molecule has 1 aromatic rings. The van der Waals surface area contributed by atoms with E-state index in [0.29, 0.717) is 6.54 Å². The van der Waals surface area contributed by atoms with Crippen molar-refractivity contribution in [2.24, 2.45) is 0 Å². The maximum Gasteiger partial charge on any atom is 0.410 e. The number of carbonyl (C=O) groups excluding carboxylic acids is 1. The van der Waals surface area contributed by atoms with Crippen molar-refractivity contribution in [3.05, 3.63) is 28.2 Å². The van der Waals surface area contributed by atoms with Gasteiger partial charge in [0.05, 0.1) is 12.6 Å². The van der Waals surface area contributed by atoms with Gasteiger partial charge < -0.3 is 9.47 Å². The molecule has 1 spiro atoms. The highest BCUT2D eigenvalue weighted by Gasteiger charge is 2.54. The van der Waals surface area contributed by atoms with E-state index in [1.54, 1.807) is 7.11 Å². The first kappa shape index (κ1) is 18.5. The summed E-state index contributed by atoms with van der Waals surface area (Å²) in [5.41, 5.74) is 0.686. The van der Waals surface area contributed by atoms with Crippen LogP contribution >= 0.6 is 15.9 Å². The zero-order valence-electron chi connectivity index (χ0n) is 15.5. The monoisotopic (exact) mass is 410 g/mol. The van der Waals surface area contributed by atoms with Gasteiger partial charge in [0.1, 0.15) is 11.4 Å². The molecule has 6 heteroatoms. The Kier molecular flexibility index (Phi) is 5.04. The molecule has 1 saturated carbocycles. The van der Waals surface area contributed by atoms with Gasteiger partial charge in [0.15, 0.2) is 0 Å². The molecule has 2 fully saturated rings. The van der Waals surface area contributed by atoms with Gasteiger partial charge in [-0.15, -0.1) is 0 Å². The number of hydrogen-bond donors (Lipinski definition) is 0. The van der Waals surface area contributed by atoms with Gasteiger partial charge in [-0.3, -0.25) is 9.80 Å². The average molecular weight is 411 g/mol. The van der Waals surface area contributed by atoms with Gasteiger partial charge in [-0.2, -0.15) is 0 Å². The Morgan fingerprint density at radius 2 is 2.00 bits per heavy atom. The van der Waals surface area contributed by atoms with Crippen LogP contribution in [0, 0.1) is 0 Å². The maximum absolute atomic E-state index is 12.5. The van der Waals surface area contributed by atoms with E-state index < -0.39 is 5.60 Å². The van der Waals surface area contributed by atoms with E-state index in [9.17, 15) is 4.79 Å². The predicted molar refractivity (Wildman–Crippen MR) is 101 cm³/mol. The molecule has 0 aromatic heterocycles. The van der Waals surface area contributed by atoms with Crippen molar-refractivity contribution in [2.45, 2.75) is 51.3 Å². The molecule has 1 amide bonds. The second kappa shape index (κ2) is 6.80. The molecule has 3 rings (SSSR count). The molecule has 1 heterocycles. The van der Waals surface area contributed by atoms with Gasteiger partial charge in [0.2, 0.25) is 0 Å². The summed E-state index contributed by atoms with van der Waals surface area (Å²) in [5.74, 6) is 0.897. The second-order valence-electron chi connectivity index (χ2n) is 8.02. The number of benzene rings is 1. The smallest absolute Gasteiger partial charge is 0.410 e. The van der Waals surface area contributed by atoms with E-state index in [-0.39, 0.29) is 11.6 Å². The highest BCUT2D eigenvalue weighted by atomic mass is 79.9. The number of ether oxygens (including phenoxy) is 2. The van der Waals surface area contributed by atoms with Crippen molar-refractivity contribution in [1.82, 2.24) is 9.80 Å². The van der Waals surface area contributed by atoms with Crippen LogP contribution in [-0.4, -0.2) is 53.8 Å². The Balaban J connectivity index is 1.67. The largest absolute Gasteiger partial charge is 0.496 e. The van der Waals surface area contributed by atoms with Gasteiger partial charge in [-0.25, -0.2) is 4.79 Å². The van der Waals surface area contributed by atoms with Crippen LogP contribution < -0.4 is 4.74 Å². The van der Waals surface area contributed by atoms with E-state index in [4.69, 9.17) is 9.47 Å². The lowest BCUT2D eigenvalue weighted by Gasteiger charge is -2.42. The quantitative estimate of drug-likeness (QED) is 0.753. The molecule has 0 unspecified atom stereocenters. The number of nitrogens with zero attached hydrogens (tertiary/aromatic N) is 2. The highest BCUT2D eigenvalue weighted by Crippen LogP contribution is 2.45. The molecule has 138 valence electrons. The minimum atomic E-state index is -0.449. The molecule has 5 nitrogen and oxygen atoms in total. The molecule has 0 radical (unpaired) electrons. The number of amides is 1. The van der Waals surface area contributed by atoms with E-state index in [1.165, 1.54) is 5.56 Å². The second-order valence-corrected chi connectivity index (χ2v) is 8.94. The number of halogens is 1. The summed E-state index contributed by atoms with van der Waals surface area (Å²) in [4.78, 5) is 16.9. The van der Waals surface area contributed by atoms with Crippen LogP contribution in [0.2, 0.25) is 0 Å². The number of piperazine rings is 1. The van der Waals surface area contributed by atoms with Crippen molar-refractivity contribution in [2.75, 3.05) is 26.7 Å². The first-order valence-corrected chi connectivity index (χ1v) is 9.57. The summed E-state index contributed by atoms with van der Waals surface area (Å²) in [6, 6.07) is 6.14. The Labute approximate surface area is 158 Å². The fourth-order valence-corrected chi connectivity index (χ4v) is 3.80. The van der Waals surface area contributed by atoms with E-state index in [1.807, 2.05) is 37.8 Å². The lowest BCUT2D eigenvalue weighted by atomic mass is 10.1. The fraction of sp³-hybridized carbons (Fsp3) is 0.632. The molecule has 2 aliphatic rings. The number of methoxy groups -OCH3 is 1. The molecule has 1 aliphatic heterocycles. The Morgan fingerprint density at radius 1 is 1.28 bits per heavy atom. The zero-order valence-corrected chi connectivity index (χ0v) is 17.1. The van der Waals surface area contributed by atoms with Crippen molar-refractivity contribution in [3.8, 4) is 5.75 Å². The standard InChI is InChI=1S/C19H27BrN2O3/c1-18(2,3)25-17(23)22-10-9-21(13-19(22)7-8-19)12-14-5-6-15(20)11-16(14)24-4/h5-6,11H,7-10,12-13H2,1-4H3. The molecule has 0 N–H and O–H groups in total. The highest BCUT2D eigenvalue weighted by molar-refractivity contribution is 9.10. The molecule has 1 aliphatic carbocycles. The van der Waals surface area contributed by atoms with Crippen LogP contribution in [0.4, 0.5) is 4.79 Å². The Hall–Kier alpha value is -1.27. The predicted octanol–water partition coefficient (Wildman–Crippen LogP) is 4.04. The van der Waals surface area contributed by atoms with Crippen molar-refractivity contribution in [1.29, 1.82) is 0 Å². The lowest BCUT2D eigenvalue weighted by Crippen LogP contribution is -2.57. The van der Waals surface area contributed by atoms with E-state index in [2.05, 4.69) is 26.9 Å². The Bertz CT molecular complexity index is 653. The summed E-state index contributed by atoms with van der Waals surface area (Å²) < 4.78 is 12.1. The van der Waals surface area contributed by atoms with Gasteiger partial charge >= 0.3 is 6.09 Å². The molecular weight excluding hydrogens is 384 g/mol. The summed E-state index contributed by atoms with van der Waals surface area (Å²) in [6.07, 6.45) is 1.94. The summed E-state index contributed by atoms with van der Waals surface area (Å²) in [6.45, 7) is 9.04. The van der Waals surface area contributed by atoms with Crippen LogP contribution in [-0.2, 0) is 11.3 Å². The van der Waals surface area contributed by atoms with Gasteiger partial charge in [-0.1, -0.05) is 22.0 Å². The minimum Gasteiger partial charge on any atom is -0.496 e. The number of carbonyl (C=O) groups is 1. The fourth-order valence-electron chi connectivity index (χ4n) is 3.46. The summed E-state index contributed by atoms with van der Waals surface area (Å²) in [5, 5.41) is 0. The Morgan fingerprint density at radius 3 is 2.60 bits per heavy atom. The topological polar surface area (TPSA) is 42.0 Å². The first-order chi connectivity index (χ1) is 11.7. The molecule has 0 atom stereocenters. The van der Waals surface area contributed by atoms with Crippen molar-refractivity contribution < 1.29 is 14.3 Å². The molecule has 25 heavy (non-hydrogen) atoms. The van der Waals surface area contributed by atoms with E-state index >= 15 is 0 Å². The maximum atomic E-state index is 12.5. The van der Waals surface area contributed by atoms with Crippen LogP contribution in [0.1, 0.15) is 39.2 Å². The van der Waals surface area contributed by atoms with Crippen LogP contribution in [0.15, 0.2) is 22.7 Å². The normalized spacial score (nSPS) is 19.8. The molecule has 1 saturated heterocycles. The van der Waals surface area contributed by atoms with Crippen molar-refractivity contribution in [3.63, 3.8) is 0 Å². The first-order valence-electron chi connectivity index (χ1n) is 8.78. The third-order valence-electron chi connectivity index (χ3n) is 4.81. The lowest BCUT2D eigenvalue weighted by molar-refractivity contribution is -0.00817. The molecule has 1 aromatic carbocycles. The number of rotatable bonds is 3. The van der Waals surface area contributed by atoms with Crippen LogP contribution in [0.25, 0.3) is 0 Å².